The molecular formula is C18H22N4O2. The van der Waals surface area contributed by atoms with E-state index in [-0.39, 0.29) is 11.9 Å². The molecule has 0 N–H and O–H groups in total. The van der Waals surface area contributed by atoms with Gasteiger partial charge in [-0.1, -0.05) is 18.2 Å². The van der Waals surface area contributed by atoms with E-state index in [9.17, 15) is 4.79 Å². The molecule has 1 aromatic carbocycles. The summed E-state index contributed by atoms with van der Waals surface area (Å²) >= 11 is 0. The van der Waals surface area contributed by atoms with Crippen LogP contribution in [-0.4, -0.2) is 47.5 Å². The summed E-state index contributed by atoms with van der Waals surface area (Å²) in [6.07, 6.45) is 1.58. The maximum atomic E-state index is 12.1. The number of hydrogen-bond donors (Lipinski definition) is 0. The van der Waals surface area contributed by atoms with Gasteiger partial charge < -0.3 is 14.5 Å². The predicted molar refractivity (Wildman–Crippen MR) is 92.1 cm³/mol. The summed E-state index contributed by atoms with van der Waals surface area (Å²) in [6.45, 7) is 5.65. The van der Waals surface area contributed by atoms with Gasteiger partial charge in [0.1, 0.15) is 17.9 Å². The molecule has 1 aliphatic rings. The summed E-state index contributed by atoms with van der Waals surface area (Å²) in [7, 11) is 1.66. The van der Waals surface area contributed by atoms with Crippen LogP contribution in [0.25, 0.3) is 0 Å². The van der Waals surface area contributed by atoms with Gasteiger partial charge in [-0.3, -0.25) is 4.79 Å². The zero-order chi connectivity index (χ0) is 17.1. The van der Waals surface area contributed by atoms with Crippen LogP contribution >= 0.6 is 0 Å². The van der Waals surface area contributed by atoms with Crippen molar-refractivity contribution in [1.29, 1.82) is 0 Å². The first-order valence-electron chi connectivity index (χ1n) is 8.04. The number of benzene rings is 1. The number of para-hydroxylation sites is 1. The molecule has 0 radical (unpaired) electrons. The van der Waals surface area contributed by atoms with E-state index in [1.165, 1.54) is 0 Å². The Balaban J connectivity index is 1.94. The van der Waals surface area contributed by atoms with Crippen LogP contribution < -0.4 is 9.64 Å². The average molecular weight is 326 g/mol. The summed E-state index contributed by atoms with van der Waals surface area (Å²) in [5, 5.41) is 0. The second-order valence-electron chi connectivity index (χ2n) is 5.93. The molecular weight excluding hydrogens is 304 g/mol. The maximum absolute atomic E-state index is 12.1. The molecule has 6 nitrogen and oxygen atoms in total. The third kappa shape index (κ3) is 3.18. The lowest BCUT2D eigenvalue weighted by molar-refractivity contribution is -0.131. The topological polar surface area (TPSA) is 58.6 Å². The van der Waals surface area contributed by atoms with Gasteiger partial charge in [0.15, 0.2) is 0 Å². The summed E-state index contributed by atoms with van der Waals surface area (Å²) in [5.74, 6) is 1.77. The lowest BCUT2D eigenvalue weighted by Crippen LogP contribution is -2.50. The zero-order valence-corrected chi connectivity index (χ0v) is 14.3. The highest BCUT2D eigenvalue weighted by Crippen LogP contribution is 2.33. The smallest absolute Gasteiger partial charge is 0.220 e. The minimum Gasteiger partial charge on any atom is -0.496 e. The molecule has 1 unspecified atom stereocenters. The largest absolute Gasteiger partial charge is 0.496 e. The van der Waals surface area contributed by atoms with Crippen LogP contribution in [0.1, 0.15) is 24.2 Å². The first-order chi connectivity index (χ1) is 11.6. The fourth-order valence-corrected chi connectivity index (χ4v) is 3.19. The Morgan fingerprint density at radius 3 is 2.75 bits per heavy atom. The number of anilines is 1. The van der Waals surface area contributed by atoms with Gasteiger partial charge in [0.2, 0.25) is 5.91 Å². The van der Waals surface area contributed by atoms with Crippen LogP contribution in [-0.2, 0) is 4.79 Å². The van der Waals surface area contributed by atoms with Crippen molar-refractivity contribution >= 4 is 11.7 Å². The van der Waals surface area contributed by atoms with Gasteiger partial charge in [-0.05, 0) is 13.0 Å². The molecule has 0 saturated carbocycles. The van der Waals surface area contributed by atoms with E-state index in [4.69, 9.17) is 4.74 Å². The number of hydrogen-bond acceptors (Lipinski definition) is 5. The van der Waals surface area contributed by atoms with Crippen LogP contribution in [0.4, 0.5) is 5.82 Å². The monoisotopic (exact) mass is 326 g/mol. The number of methoxy groups -OCH3 is 1. The predicted octanol–water partition coefficient (Wildman–Crippen LogP) is 2.20. The molecule has 1 amide bonds. The molecule has 24 heavy (non-hydrogen) atoms. The number of ether oxygens (including phenoxy) is 1. The zero-order valence-electron chi connectivity index (χ0n) is 14.3. The summed E-state index contributed by atoms with van der Waals surface area (Å²) in [4.78, 5) is 24.8. The van der Waals surface area contributed by atoms with Gasteiger partial charge in [0.25, 0.3) is 0 Å². The molecule has 0 bridgehead atoms. The van der Waals surface area contributed by atoms with Gasteiger partial charge in [-0.25, -0.2) is 9.97 Å². The number of amides is 1. The van der Waals surface area contributed by atoms with Crippen molar-refractivity contribution in [3.8, 4) is 5.75 Å². The first-order valence-corrected chi connectivity index (χ1v) is 8.04. The third-order valence-electron chi connectivity index (χ3n) is 4.40. The number of nitrogens with zero attached hydrogens (tertiary/aromatic N) is 4. The number of carbonyl (C=O) groups excluding carboxylic acids is 1. The van der Waals surface area contributed by atoms with E-state index in [1.54, 1.807) is 20.4 Å². The molecule has 2 aromatic rings. The van der Waals surface area contributed by atoms with Crippen molar-refractivity contribution in [2.24, 2.45) is 0 Å². The minimum atomic E-state index is -0.0670. The van der Waals surface area contributed by atoms with Crippen molar-refractivity contribution < 1.29 is 9.53 Å². The Bertz CT molecular complexity index is 734. The van der Waals surface area contributed by atoms with Crippen LogP contribution in [0, 0.1) is 6.92 Å². The molecule has 2 heterocycles. The van der Waals surface area contributed by atoms with Crippen molar-refractivity contribution in [3.63, 3.8) is 0 Å². The number of aryl methyl sites for hydroxylation is 1. The van der Waals surface area contributed by atoms with Crippen LogP contribution in [0.15, 0.2) is 36.7 Å². The molecule has 3 rings (SSSR count). The Labute approximate surface area is 142 Å². The number of carbonyl (C=O) groups is 1. The van der Waals surface area contributed by atoms with Gasteiger partial charge in [-0.2, -0.15) is 0 Å². The van der Waals surface area contributed by atoms with Crippen LogP contribution in [0.3, 0.4) is 0 Å². The Hall–Kier alpha value is -2.63. The Morgan fingerprint density at radius 2 is 2.04 bits per heavy atom. The van der Waals surface area contributed by atoms with Gasteiger partial charge >= 0.3 is 0 Å². The summed E-state index contributed by atoms with van der Waals surface area (Å²) < 4.78 is 5.50. The summed E-state index contributed by atoms with van der Waals surface area (Å²) in [5.41, 5.74) is 1.95. The second-order valence-corrected chi connectivity index (χ2v) is 5.93. The van der Waals surface area contributed by atoms with Gasteiger partial charge in [0, 0.05) is 43.9 Å². The third-order valence-corrected chi connectivity index (χ3v) is 4.40. The highest BCUT2D eigenvalue weighted by molar-refractivity contribution is 5.74. The molecule has 6 heteroatoms. The lowest BCUT2D eigenvalue weighted by Gasteiger charge is -2.42. The van der Waals surface area contributed by atoms with Crippen molar-refractivity contribution in [2.45, 2.75) is 19.9 Å². The normalized spacial score (nSPS) is 17.7. The lowest BCUT2D eigenvalue weighted by atomic mass is 10.0. The van der Waals surface area contributed by atoms with Crippen LogP contribution in [0.5, 0.6) is 5.75 Å². The molecule has 1 fully saturated rings. The fraction of sp³-hybridized carbons (Fsp3) is 0.389. The van der Waals surface area contributed by atoms with Crippen molar-refractivity contribution in [3.05, 3.63) is 47.9 Å². The van der Waals surface area contributed by atoms with Crippen molar-refractivity contribution in [2.75, 3.05) is 31.6 Å². The molecule has 1 saturated heterocycles. The van der Waals surface area contributed by atoms with Gasteiger partial charge in [0.05, 0.1) is 13.2 Å². The average Bonchev–Trinajstić information content (AvgIpc) is 2.61. The quantitative estimate of drug-likeness (QED) is 0.865. The highest BCUT2D eigenvalue weighted by atomic mass is 16.5. The molecule has 0 spiro atoms. The van der Waals surface area contributed by atoms with Gasteiger partial charge in [-0.15, -0.1) is 0 Å². The van der Waals surface area contributed by atoms with E-state index in [0.717, 1.165) is 29.4 Å². The van der Waals surface area contributed by atoms with Crippen LogP contribution in [0.2, 0.25) is 0 Å². The minimum absolute atomic E-state index is 0.0670. The maximum Gasteiger partial charge on any atom is 0.220 e. The van der Waals surface area contributed by atoms with E-state index in [0.29, 0.717) is 13.1 Å². The number of piperazine rings is 1. The van der Waals surface area contributed by atoms with E-state index >= 15 is 0 Å². The van der Waals surface area contributed by atoms with E-state index in [1.807, 2.05) is 42.2 Å². The Kier molecular flexibility index (Phi) is 4.64. The highest BCUT2D eigenvalue weighted by Gasteiger charge is 2.32. The van der Waals surface area contributed by atoms with Crippen molar-refractivity contribution in [1.82, 2.24) is 14.9 Å². The molecule has 1 atom stereocenters. The number of rotatable bonds is 3. The fourth-order valence-electron chi connectivity index (χ4n) is 3.19. The summed E-state index contributed by atoms with van der Waals surface area (Å²) in [6, 6.07) is 9.78. The molecule has 1 aliphatic heterocycles. The first kappa shape index (κ1) is 16.2. The second kappa shape index (κ2) is 6.86. The Morgan fingerprint density at radius 1 is 1.25 bits per heavy atom. The standard InChI is InChI=1S/C18H22N4O2/c1-13-10-18(20-12-19-13)21-8-9-22(14(2)23)16(11-21)15-6-4-5-7-17(15)24-3/h4-7,10,12,16H,8-9,11H2,1-3H3. The molecule has 1 aromatic heterocycles. The number of aromatic nitrogens is 2. The van der Waals surface area contributed by atoms with E-state index in [2.05, 4.69) is 14.9 Å². The SMILES string of the molecule is COc1ccccc1C1CN(c2cc(C)ncn2)CCN1C(C)=O. The molecule has 0 aliphatic carbocycles. The van der Waals surface area contributed by atoms with E-state index < -0.39 is 0 Å². The molecule has 126 valence electrons.